The number of hydrogen-bond donors (Lipinski definition) is 2. The number of hydrogen-bond acceptors (Lipinski definition) is 4. The Labute approximate surface area is 213 Å². The molecule has 3 aromatic rings. The fourth-order valence-corrected chi connectivity index (χ4v) is 6.14. The molecule has 0 amide bonds. The minimum Gasteiger partial charge on any atom is -0.481 e. The highest BCUT2D eigenvalue weighted by molar-refractivity contribution is 5.68. The zero-order valence-corrected chi connectivity index (χ0v) is 21.5. The van der Waals surface area contributed by atoms with Gasteiger partial charge in [0.1, 0.15) is 5.82 Å². The normalized spacial score (nSPS) is 22.1. The highest BCUT2D eigenvalue weighted by Gasteiger charge is 2.37. The van der Waals surface area contributed by atoms with Crippen LogP contribution in [0.5, 0.6) is 0 Å². The zero-order chi connectivity index (χ0) is 25.1. The number of aliphatic carboxylic acids is 1. The maximum Gasteiger partial charge on any atom is 0.304 e. The number of carboxylic acids is 1. The Morgan fingerprint density at radius 1 is 1.28 bits per heavy atom. The van der Waals surface area contributed by atoms with E-state index in [-0.39, 0.29) is 12.3 Å². The number of fused-ring (bicyclic) bond motifs is 1. The quantitative estimate of drug-likeness (QED) is 0.431. The molecule has 7 nitrogen and oxygen atoms in total. The van der Waals surface area contributed by atoms with Gasteiger partial charge in [-0.05, 0) is 68.0 Å². The molecule has 2 aliphatic rings. The van der Waals surface area contributed by atoms with Crippen molar-refractivity contribution >= 4 is 11.8 Å². The number of carboxylic acid groups (broad SMARTS) is 1. The van der Waals surface area contributed by atoms with Crippen molar-refractivity contribution in [3.8, 4) is 5.69 Å². The van der Waals surface area contributed by atoms with Gasteiger partial charge in [-0.15, -0.1) is 0 Å². The van der Waals surface area contributed by atoms with Crippen molar-refractivity contribution in [2.75, 3.05) is 38.5 Å². The van der Waals surface area contributed by atoms with E-state index < -0.39 is 5.97 Å². The molecule has 0 saturated carbocycles. The van der Waals surface area contributed by atoms with Gasteiger partial charge < -0.3 is 14.9 Å². The summed E-state index contributed by atoms with van der Waals surface area (Å²) >= 11 is 0. The van der Waals surface area contributed by atoms with Crippen molar-refractivity contribution in [3.63, 3.8) is 0 Å². The molecule has 0 spiro atoms. The molecule has 2 N–H and O–H groups in total. The summed E-state index contributed by atoms with van der Waals surface area (Å²) in [5.41, 5.74) is 5.65. The van der Waals surface area contributed by atoms with E-state index in [2.05, 4.69) is 41.7 Å². The SMILES string of the molecule is Cc1ccnn1-c1cccc([C@H](CC(=O)O)C[N+]2(C)CC[C@@H](CCc3ccc4c(n3)NCCC4)C2)c1. The van der Waals surface area contributed by atoms with Crippen LogP contribution in [0.1, 0.15) is 54.1 Å². The molecule has 1 aromatic carbocycles. The number of likely N-dealkylation sites (tertiary alicyclic amines) is 1. The van der Waals surface area contributed by atoms with Gasteiger partial charge in [0.05, 0.1) is 38.8 Å². The Morgan fingerprint density at radius 3 is 2.97 bits per heavy atom. The van der Waals surface area contributed by atoms with Gasteiger partial charge in [-0.1, -0.05) is 18.2 Å². The summed E-state index contributed by atoms with van der Waals surface area (Å²) in [6, 6.07) is 14.7. The molecule has 190 valence electrons. The highest BCUT2D eigenvalue weighted by atomic mass is 16.4. The molecule has 2 aromatic heterocycles. The van der Waals surface area contributed by atoms with Crippen LogP contribution in [0.15, 0.2) is 48.7 Å². The van der Waals surface area contributed by atoms with Gasteiger partial charge in [-0.25, -0.2) is 9.67 Å². The largest absolute Gasteiger partial charge is 0.481 e. The van der Waals surface area contributed by atoms with E-state index >= 15 is 0 Å². The van der Waals surface area contributed by atoms with E-state index in [0.29, 0.717) is 5.92 Å². The topological polar surface area (TPSA) is 80.0 Å². The minimum absolute atomic E-state index is 0.0320. The number of aromatic nitrogens is 3. The highest BCUT2D eigenvalue weighted by Crippen LogP contribution is 2.32. The number of benzene rings is 1. The maximum absolute atomic E-state index is 11.8. The molecule has 0 aliphatic carbocycles. The lowest BCUT2D eigenvalue weighted by molar-refractivity contribution is -0.900. The summed E-state index contributed by atoms with van der Waals surface area (Å²) in [6.07, 6.45) is 7.57. The Hall–Kier alpha value is -3.19. The van der Waals surface area contributed by atoms with Gasteiger partial charge in [0.25, 0.3) is 0 Å². The molecule has 0 bridgehead atoms. The number of nitrogens with one attached hydrogen (secondary N) is 1. The fourth-order valence-electron chi connectivity index (χ4n) is 6.14. The molecule has 3 atom stereocenters. The molecule has 7 heteroatoms. The van der Waals surface area contributed by atoms with Gasteiger partial charge in [0.15, 0.2) is 0 Å². The number of pyridine rings is 1. The van der Waals surface area contributed by atoms with Crippen LogP contribution >= 0.6 is 0 Å². The number of aryl methyl sites for hydroxylation is 3. The number of quaternary nitrogens is 1. The molecular formula is C29H38N5O2+. The number of nitrogens with zero attached hydrogens (tertiary/aromatic N) is 4. The predicted molar refractivity (Wildman–Crippen MR) is 142 cm³/mol. The summed E-state index contributed by atoms with van der Waals surface area (Å²) in [5, 5.41) is 17.6. The maximum atomic E-state index is 11.8. The van der Waals surface area contributed by atoms with Crippen LogP contribution in [0.2, 0.25) is 0 Å². The molecule has 1 unspecified atom stereocenters. The second-order valence-electron chi connectivity index (χ2n) is 11.0. The number of carbonyl (C=O) groups is 1. The Morgan fingerprint density at radius 2 is 2.17 bits per heavy atom. The molecular weight excluding hydrogens is 450 g/mol. The lowest BCUT2D eigenvalue weighted by Gasteiger charge is -2.33. The van der Waals surface area contributed by atoms with Gasteiger partial charge in [0.2, 0.25) is 0 Å². The second-order valence-corrected chi connectivity index (χ2v) is 11.0. The van der Waals surface area contributed by atoms with Gasteiger partial charge in [-0.3, -0.25) is 4.79 Å². The molecule has 1 saturated heterocycles. The van der Waals surface area contributed by atoms with Crippen LogP contribution in [0, 0.1) is 12.8 Å². The van der Waals surface area contributed by atoms with Crippen molar-refractivity contribution in [3.05, 3.63) is 71.2 Å². The van der Waals surface area contributed by atoms with Crippen molar-refractivity contribution < 1.29 is 14.4 Å². The molecule has 36 heavy (non-hydrogen) atoms. The molecule has 1 fully saturated rings. The standard InChI is InChI=1S/C29H37N5O2/c1-21-12-15-31-33(21)27-7-3-5-24(17-27)25(18-28(35)36)20-34(2)16-13-22(19-34)8-10-26-11-9-23-6-4-14-30-29(23)32-26/h3,5,7,9,11-12,15,17,22,25H,4,6,8,10,13-14,16,18-20H2,1-2H3,(H-,30,32,35,36)/p+1/t22-,25-,34?/m1/s1. The number of anilines is 1. The van der Waals surface area contributed by atoms with Gasteiger partial charge >= 0.3 is 5.97 Å². The first-order valence-corrected chi connectivity index (χ1v) is 13.3. The zero-order valence-electron chi connectivity index (χ0n) is 21.5. The molecule has 5 rings (SSSR count). The monoisotopic (exact) mass is 488 g/mol. The third-order valence-electron chi connectivity index (χ3n) is 8.04. The number of likely N-dealkylation sites (N-methyl/N-ethyl adjacent to an activating group) is 1. The summed E-state index contributed by atoms with van der Waals surface area (Å²) < 4.78 is 2.83. The van der Waals surface area contributed by atoms with Crippen molar-refractivity contribution in [2.24, 2.45) is 5.92 Å². The smallest absolute Gasteiger partial charge is 0.304 e. The van der Waals surface area contributed by atoms with Gasteiger partial charge in [-0.2, -0.15) is 5.10 Å². The average Bonchev–Trinajstić information content (AvgIpc) is 3.47. The van der Waals surface area contributed by atoms with Crippen molar-refractivity contribution in [1.82, 2.24) is 14.8 Å². The van der Waals surface area contributed by atoms with E-state index in [1.807, 2.05) is 29.8 Å². The van der Waals surface area contributed by atoms with E-state index in [1.165, 1.54) is 24.1 Å². The van der Waals surface area contributed by atoms with E-state index in [9.17, 15) is 9.90 Å². The fraction of sp³-hybridized carbons (Fsp3) is 0.483. The van der Waals surface area contributed by atoms with Gasteiger partial charge in [0, 0.05) is 42.4 Å². The van der Waals surface area contributed by atoms with Crippen molar-refractivity contribution in [2.45, 2.75) is 51.4 Å². The second kappa shape index (κ2) is 10.4. The molecule has 0 radical (unpaired) electrons. The van der Waals surface area contributed by atoms with E-state index in [0.717, 1.165) is 72.7 Å². The first-order chi connectivity index (χ1) is 17.4. The van der Waals surface area contributed by atoms with Crippen LogP contribution < -0.4 is 5.32 Å². The molecule has 4 heterocycles. The molecule has 2 aliphatic heterocycles. The van der Waals surface area contributed by atoms with Crippen molar-refractivity contribution in [1.29, 1.82) is 0 Å². The summed E-state index contributed by atoms with van der Waals surface area (Å²) in [5.74, 6) is 0.949. The Kier molecular flexibility index (Phi) is 7.10. The first kappa shape index (κ1) is 24.5. The summed E-state index contributed by atoms with van der Waals surface area (Å²) in [4.78, 5) is 16.7. The van der Waals surface area contributed by atoms with Crippen LogP contribution in [0.25, 0.3) is 5.69 Å². The van der Waals surface area contributed by atoms with Crippen LogP contribution in [-0.2, 0) is 17.6 Å². The lowest BCUT2D eigenvalue weighted by Crippen LogP contribution is -2.45. The van der Waals surface area contributed by atoms with Crippen LogP contribution in [0.3, 0.4) is 0 Å². The van der Waals surface area contributed by atoms with E-state index in [1.54, 1.807) is 6.20 Å². The van der Waals surface area contributed by atoms with Crippen LogP contribution in [-0.4, -0.2) is 63.6 Å². The third kappa shape index (κ3) is 5.62. The van der Waals surface area contributed by atoms with E-state index in [4.69, 9.17) is 4.98 Å². The summed E-state index contributed by atoms with van der Waals surface area (Å²) in [7, 11) is 2.30. The average molecular weight is 489 g/mol. The summed E-state index contributed by atoms with van der Waals surface area (Å²) in [6.45, 7) is 6.08. The minimum atomic E-state index is -0.741. The van der Waals surface area contributed by atoms with Crippen LogP contribution in [0.4, 0.5) is 5.82 Å². The lowest BCUT2D eigenvalue weighted by atomic mass is 9.93. The third-order valence-corrected chi connectivity index (χ3v) is 8.04. The first-order valence-electron chi connectivity index (χ1n) is 13.3. The number of rotatable bonds is 9. The Bertz CT molecular complexity index is 1220. The predicted octanol–water partition coefficient (Wildman–Crippen LogP) is 4.59. The Balaban J connectivity index is 1.24.